The molecule has 3 aromatic carbocycles. The van der Waals surface area contributed by atoms with E-state index in [1.54, 1.807) is 16.2 Å². The number of nitrogens with zero attached hydrogens (tertiary/aromatic N) is 3. The molecule has 0 bridgehead atoms. The summed E-state index contributed by atoms with van der Waals surface area (Å²) in [6, 6.07) is 22.1. The lowest BCUT2D eigenvalue weighted by molar-refractivity contribution is -0.0170. The minimum atomic E-state index is -0.810. The van der Waals surface area contributed by atoms with Gasteiger partial charge in [-0.2, -0.15) is 0 Å². The molecule has 1 aliphatic heterocycles. The SMILES string of the molecule is Cc1ccc(OC[C@]2(O)CCCN(Cc3ccc(OCCn4c(=O)n(C)c5ccccc54)cc3)CC2)c(C)c1. The average Bonchev–Trinajstić information content (AvgIpc) is 3.04. The lowest BCUT2D eigenvalue weighted by Crippen LogP contribution is -2.37. The van der Waals surface area contributed by atoms with Crippen molar-refractivity contribution in [3.63, 3.8) is 0 Å². The predicted octanol–water partition coefficient (Wildman–Crippen LogP) is 4.83. The van der Waals surface area contributed by atoms with E-state index in [2.05, 4.69) is 30.0 Å². The fourth-order valence-electron chi connectivity index (χ4n) is 5.49. The van der Waals surface area contributed by atoms with Crippen molar-refractivity contribution in [1.82, 2.24) is 14.0 Å². The maximum Gasteiger partial charge on any atom is 0.328 e. The smallest absolute Gasteiger partial charge is 0.328 e. The van der Waals surface area contributed by atoms with Gasteiger partial charge in [0.1, 0.15) is 24.7 Å². The van der Waals surface area contributed by atoms with Crippen LogP contribution in [0.1, 0.15) is 36.0 Å². The van der Waals surface area contributed by atoms with E-state index in [9.17, 15) is 9.90 Å². The van der Waals surface area contributed by atoms with Crippen molar-refractivity contribution in [2.24, 2.45) is 7.05 Å². The Labute approximate surface area is 230 Å². The van der Waals surface area contributed by atoms with Gasteiger partial charge in [0.15, 0.2) is 0 Å². The highest BCUT2D eigenvalue weighted by Crippen LogP contribution is 2.27. The molecular weight excluding hydrogens is 490 g/mol. The van der Waals surface area contributed by atoms with Crippen molar-refractivity contribution < 1.29 is 14.6 Å². The Morgan fingerprint density at radius 1 is 0.923 bits per heavy atom. The van der Waals surface area contributed by atoms with Crippen molar-refractivity contribution in [2.75, 3.05) is 26.3 Å². The van der Waals surface area contributed by atoms with E-state index in [-0.39, 0.29) is 5.69 Å². The summed E-state index contributed by atoms with van der Waals surface area (Å²) in [5.41, 5.74) is 4.53. The largest absolute Gasteiger partial charge is 0.492 e. The van der Waals surface area contributed by atoms with Crippen LogP contribution in [0.15, 0.2) is 71.5 Å². The Morgan fingerprint density at radius 3 is 2.46 bits per heavy atom. The van der Waals surface area contributed by atoms with E-state index in [0.29, 0.717) is 26.2 Å². The first-order chi connectivity index (χ1) is 18.8. The molecule has 1 fully saturated rings. The normalized spacial score (nSPS) is 18.3. The van der Waals surface area contributed by atoms with Gasteiger partial charge in [-0.25, -0.2) is 4.79 Å². The maximum atomic E-state index is 12.6. The van der Waals surface area contributed by atoms with Crippen molar-refractivity contribution >= 4 is 11.0 Å². The van der Waals surface area contributed by atoms with Crippen LogP contribution in [-0.2, 0) is 20.1 Å². The third kappa shape index (κ3) is 6.37. The summed E-state index contributed by atoms with van der Waals surface area (Å²) in [4.78, 5) is 15.0. The van der Waals surface area contributed by atoms with Gasteiger partial charge in [0.2, 0.25) is 0 Å². The zero-order valence-corrected chi connectivity index (χ0v) is 23.2. The Kier molecular flexibility index (Phi) is 8.10. The average molecular weight is 530 g/mol. The van der Waals surface area contributed by atoms with Crippen LogP contribution >= 0.6 is 0 Å². The number of aromatic nitrogens is 2. The highest BCUT2D eigenvalue weighted by Gasteiger charge is 2.31. The van der Waals surface area contributed by atoms with E-state index in [0.717, 1.165) is 60.6 Å². The van der Waals surface area contributed by atoms with Crippen molar-refractivity contribution in [3.05, 3.63) is 93.9 Å². The molecular formula is C32H39N3O4. The Balaban J connectivity index is 1.10. The zero-order chi connectivity index (χ0) is 27.4. The van der Waals surface area contributed by atoms with Gasteiger partial charge in [0.25, 0.3) is 0 Å². The van der Waals surface area contributed by atoms with Crippen molar-refractivity contribution in [2.45, 2.75) is 51.8 Å². The van der Waals surface area contributed by atoms with Crippen LogP contribution in [0.2, 0.25) is 0 Å². The number of para-hydroxylation sites is 2. The molecule has 0 aliphatic carbocycles. The quantitative estimate of drug-likeness (QED) is 0.336. The van der Waals surface area contributed by atoms with Gasteiger partial charge < -0.3 is 14.6 Å². The third-order valence-corrected chi connectivity index (χ3v) is 7.80. The first kappa shape index (κ1) is 27.0. The van der Waals surface area contributed by atoms with Crippen LogP contribution in [0, 0.1) is 13.8 Å². The van der Waals surface area contributed by atoms with Crippen LogP contribution in [0.3, 0.4) is 0 Å². The molecule has 2 heterocycles. The summed E-state index contributed by atoms with van der Waals surface area (Å²) < 4.78 is 15.4. The topological polar surface area (TPSA) is 68.9 Å². The summed E-state index contributed by atoms with van der Waals surface area (Å²) in [6.07, 6.45) is 2.36. The van der Waals surface area contributed by atoms with Crippen molar-refractivity contribution in [1.29, 1.82) is 0 Å². The fourth-order valence-corrected chi connectivity index (χ4v) is 5.49. The standard InChI is InChI=1S/C32H39N3O4/c1-24-9-14-30(25(2)21-24)39-23-32(37)15-6-17-34(18-16-32)22-26-10-12-27(13-11-26)38-20-19-35-29-8-5-4-7-28(29)33(3)31(35)36/h4-5,7-14,21,37H,6,15-20,22-23H2,1-3H3/t32-/m0/s1. The van der Waals surface area contributed by atoms with E-state index >= 15 is 0 Å². The van der Waals surface area contributed by atoms with Gasteiger partial charge in [-0.05, 0) is 81.1 Å². The summed E-state index contributed by atoms with van der Waals surface area (Å²) in [5.74, 6) is 1.64. The molecule has 7 nitrogen and oxygen atoms in total. The number of aliphatic hydroxyl groups is 1. The van der Waals surface area contributed by atoms with Crippen LogP contribution < -0.4 is 15.2 Å². The van der Waals surface area contributed by atoms with Gasteiger partial charge in [-0.3, -0.25) is 14.0 Å². The second-order valence-electron chi connectivity index (χ2n) is 10.9. The lowest BCUT2D eigenvalue weighted by atomic mass is 9.96. The number of ether oxygens (including phenoxy) is 2. The maximum absolute atomic E-state index is 12.6. The molecule has 0 unspecified atom stereocenters. The van der Waals surface area contributed by atoms with Gasteiger partial charge in [-0.1, -0.05) is 42.0 Å². The van der Waals surface area contributed by atoms with Gasteiger partial charge in [-0.15, -0.1) is 0 Å². The van der Waals surface area contributed by atoms with Crippen LogP contribution in [0.5, 0.6) is 11.5 Å². The minimum absolute atomic E-state index is 0.0312. The Bertz CT molecular complexity index is 1470. The lowest BCUT2D eigenvalue weighted by Gasteiger charge is -2.27. The molecule has 1 aliphatic rings. The molecule has 1 N–H and O–H groups in total. The number of benzene rings is 3. The first-order valence-corrected chi connectivity index (χ1v) is 13.8. The summed E-state index contributed by atoms with van der Waals surface area (Å²) >= 11 is 0. The van der Waals surface area contributed by atoms with Crippen LogP contribution in [0.25, 0.3) is 11.0 Å². The molecule has 0 amide bonds. The predicted molar refractivity (Wildman–Crippen MR) is 155 cm³/mol. The molecule has 0 spiro atoms. The monoisotopic (exact) mass is 529 g/mol. The number of hydrogen-bond acceptors (Lipinski definition) is 5. The van der Waals surface area contributed by atoms with E-state index < -0.39 is 5.60 Å². The van der Waals surface area contributed by atoms with Gasteiger partial charge in [0.05, 0.1) is 23.2 Å². The van der Waals surface area contributed by atoms with Crippen molar-refractivity contribution in [3.8, 4) is 11.5 Å². The highest BCUT2D eigenvalue weighted by atomic mass is 16.5. The number of likely N-dealkylation sites (tertiary alicyclic amines) is 1. The fraction of sp³-hybridized carbons (Fsp3) is 0.406. The summed E-state index contributed by atoms with van der Waals surface area (Å²) in [7, 11) is 1.80. The number of imidazole rings is 1. The van der Waals surface area contributed by atoms with Crippen LogP contribution in [-0.4, -0.2) is 51.0 Å². The molecule has 206 valence electrons. The molecule has 1 saturated heterocycles. The molecule has 5 rings (SSSR count). The number of fused-ring (bicyclic) bond motifs is 1. The van der Waals surface area contributed by atoms with Crippen LogP contribution in [0.4, 0.5) is 0 Å². The first-order valence-electron chi connectivity index (χ1n) is 13.8. The second kappa shape index (κ2) is 11.7. The van der Waals surface area contributed by atoms with E-state index in [1.165, 1.54) is 11.1 Å². The van der Waals surface area contributed by atoms with Gasteiger partial charge >= 0.3 is 5.69 Å². The molecule has 0 saturated carbocycles. The number of hydrogen-bond donors (Lipinski definition) is 1. The Morgan fingerprint density at radius 2 is 1.69 bits per heavy atom. The molecule has 1 aromatic heterocycles. The zero-order valence-electron chi connectivity index (χ0n) is 23.2. The van der Waals surface area contributed by atoms with Gasteiger partial charge in [0, 0.05) is 20.1 Å². The molecule has 7 heteroatoms. The Hall–Kier alpha value is -3.55. The minimum Gasteiger partial charge on any atom is -0.492 e. The number of rotatable bonds is 9. The number of aryl methyl sites for hydroxylation is 3. The molecule has 0 radical (unpaired) electrons. The summed E-state index contributed by atoms with van der Waals surface area (Å²) in [6.45, 7) is 7.95. The van der Waals surface area contributed by atoms with E-state index in [1.807, 2.05) is 55.5 Å². The molecule has 39 heavy (non-hydrogen) atoms. The third-order valence-electron chi connectivity index (χ3n) is 7.80. The van der Waals surface area contributed by atoms with E-state index in [4.69, 9.17) is 9.47 Å². The summed E-state index contributed by atoms with van der Waals surface area (Å²) in [5, 5.41) is 11.2. The second-order valence-corrected chi connectivity index (χ2v) is 10.9. The molecule has 1 atom stereocenters. The highest BCUT2D eigenvalue weighted by molar-refractivity contribution is 5.75. The molecule has 4 aromatic rings.